The van der Waals surface area contributed by atoms with Crippen LogP contribution in [0.25, 0.3) is 111 Å². The van der Waals surface area contributed by atoms with Gasteiger partial charge in [-0.25, -0.2) is 15.0 Å². The van der Waals surface area contributed by atoms with E-state index in [1.54, 1.807) is 0 Å². The second-order valence-corrected chi connectivity index (χ2v) is 13.2. The highest BCUT2D eigenvalue weighted by Gasteiger charge is 2.19. The van der Waals surface area contributed by atoms with Crippen molar-refractivity contribution in [3.05, 3.63) is 164 Å². The molecular weight excluding hydrogens is 639 g/mol. The van der Waals surface area contributed by atoms with Gasteiger partial charge in [0.2, 0.25) is 0 Å². The largest absolute Gasteiger partial charge is 0.456 e. The van der Waals surface area contributed by atoms with E-state index in [1.807, 2.05) is 72.8 Å². The van der Waals surface area contributed by atoms with Crippen molar-refractivity contribution < 1.29 is 8.83 Å². The van der Waals surface area contributed by atoms with Crippen molar-refractivity contribution >= 4 is 65.4 Å². The lowest BCUT2D eigenvalue weighted by atomic mass is 9.95. The summed E-state index contributed by atoms with van der Waals surface area (Å²) in [5.41, 5.74) is 8.38. The van der Waals surface area contributed by atoms with Crippen LogP contribution in [0.15, 0.2) is 173 Å². The quantitative estimate of drug-likeness (QED) is 0.187. The summed E-state index contributed by atoms with van der Waals surface area (Å²) in [5.74, 6) is 1.78. The predicted molar refractivity (Wildman–Crippen MR) is 211 cm³/mol. The van der Waals surface area contributed by atoms with Crippen molar-refractivity contribution in [3.8, 4) is 45.3 Å². The third kappa shape index (κ3) is 4.46. The average molecular weight is 666 g/mol. The molecule has 0 aliphatic heterocycles. The molecule has 3 heterocycles. The molecule has 0 fully saturated rings. The summed E-state index contributed by atoms with van der Waals surface area (Å²) in [6.45, 7) is 0. The van der Waals surface area contributed by atoms with Gasteiger partial charge in [-0.3, -0.25) is 0 Å². The molecule has 52 heavy (non-hydrogen) atoms. The van der Waals surface area contributed by atoms with Crippen LogP contribution in [0.2, 0.25) is 0 Å². The van der Waals surface area contributed by atoms with E-state index < -0.39 is 0 Å². The monoisotopic (exact) mass is 665 g/mol. The Bertz CT molecular complexity index is 3190. The molecule has 11 rings (SSSR count). The van der Waals surface area contributed by atoms with Crippen LogP contribution in [0.4, 0.5) is 0 Å². The number of benzene rings is 8. The van der Waals surface area contributed by atoms with Crippen LogP contribution in [0.1, 0.15) is 0 Å². The van der Waals surface area contributed by atoms with Crippen LogP contribution in [-0.4, -0.2) is 15.0 Å². The number of para-hydroxylation sites is 1. The summed E-state index contributed by atoms with van der Waals surface area (Å²) < 4.78 is 12.7. The molecule has 0 saturated carbocycles. The Hall–Kier alpha value is -7.11. The molecule has 8 aromatic carbocycles. The lowest BCUT2D eigenvalue weighted by Gasteiger charge is -2.10. The minimum atomic E-state index is 0.586. The Kier molecular flexibility index (Phi) is 6.18. The maximum absolute atomic E-state index is 6.43. The smallest absolute Gasteiger partial charge is 0.164 e. The molecule has 5 nitrogen and oxygen atoms in total. The van der Waals surface area contributed by atoms with E-state index >= 15 is 0 Å². The first-order chi connectivity index (χ1) is 25.7. The number of hydrogen-bond donors (Lipinski definition) is 0. The van der Waals surface area contributed by atoms with E-state index in [0.29, 0.717) is 17.5 Å². The molecule has 0 saturated heterocycles. The van der Waals surface area contributed by atoms with Gasteiger partial charge >= 0.3 is 0 Å². The Morgan fingerprint density at radius 1 is 0.308 bits per heavy atom. The fourth-order valence-corrected chi connectivity index (χ4v) is 7.69. The van der Waals surface area contributed by atoms with Crippen molar-refractivity contribution in [3.63, 3.8) is 0 Å². The SMILES string of the molecule is c1ccc(-c2nc(-c3ccc4oc5ccc6cc(-c7cccc8ccccc78)ccc6c5c4c3)nc(-c3cccc4oc5ccccc5c34)n2)cc1. The number of rotatable bonds is 4. The van der Waals surface area contributed by atoms with Gasteiger partial charge in [-0.15, -0.1) is 0 Å². The molecule has 242 valence electrons. The first-order valence-corrected chi connectivity index (χ1v) is 17.3. The summed E-state index contributed by atoms with van der Waals surface area (Å²) >= 11 is 0. The standard InChI is InChI=1S/C47H27N3O2/c1-2-11-29(12-3-1)45-48-46(50-47(49-45)37-17-9-19-41-44(37)36-15-6-7-18-39(36)51-41)32-22-24-40-38(27-32)43-35-23-20-30(26-31(35)21-25-42(43)52-40)34-16-8-13-28-10-4-5-14-33(28)34/h1-27H. The number of furan rings is 2. The van der Waals surface area contributed by atoms with Crippen LogP contribution in [-0.2, 0) is 0 Å². The normalized spacial score (nSPS) is 11.8. The van der Waals surface area contributed by atoms with Crippen molar-refractivity contribution in [2.75, 3.05) is 0 Å². The number of nitrogens with zero attached hydrogens (tertiary/aromatic N) is 3. The molecule has 0 amide bonds. The highest BCUT2D eigenvalue weighted by molar-refractivity contribution is 6.20. The zero-order valence-corrected chi connectivity index (χ0v) is 27.7. The van der Waals surface area contributed by atoms with Crippen LogP contribution in [0.3, 0.4) is 0 Å². The summed E-state index contributed by atoms with van der Waals surface area (Å²) in [4.78, 5) is 15.3. The van der Waals surface area contributed by atoms with Crippen molar-refractivity contribution in [2.24, 2.45) is 0 Å². The first kappa shape index (κ1) is 28.7. The number of hydrogen-bond acceptors (Lipinski definition) is 5. The summed E-state index contributed by atoms with van der Waals surface area (Å²) in [7, 11) is 0. The highest BCUT2D eigenvalue weighted by Crippen LogP contribution is 2.40. The topological polar surface area (TPSA) is 65.0 Å². The molecule has 0 spiro atoms. The molecule has 0 N–H and O–H groups in total. The summed E-state index contributed by atoms with van der Waals surface area (Å²) in [6, 6.07) is 56.4. The van der Waals surface area contributed by atoms with Gasteiger partial charge in [0, 0.05) is 38.2 Å². The van der Waals surface area contributed by atoms with E-state index in [-0.39, 0.29) is 0 Å². The third-order valence-electron chi connectivity index (χ3n) is 10.1. The van der Waals surface area contributed by atoms with Crippen molar-refractivity contribution in [2.45, 2.75) is 0 Å². The van der Waals surface area contributed by atoms with Gasteiger partial charge in [0.15, 0.2) is 17.5 Å². The van der Waals surface area contributed by atoms with E-state index in [9.17, 15) is 0 Å². The molecular formula is C47H27N3O2. The minimum Gasteiger partial charge on any atom is -0.456 e. The second-order valence-electron chi connectivity index (χ2n) is 13.2. The maximum Gasteiger partial charge on any atom is 0.164 e. The Labute approximate surface area is 297 Å². The molecule has 0 atom stereocenters. The van der Waals surface area contributed by atoms with Gasteiger partial charge in [-0.2, -0.15) is 0 Å². The van der Waals surface area contributed by atoms with E-state index in [0.717, 1.165) is 71.3 Å². The number of fused-ring (bicyclic) bond motifs is 9. The fraction of sp³-hybridized carbons (Fsp3) is 0. The molecule has 3 aromatic heterocycles. The highest BCUT2D eigenvalue weighted by atomic mass is 16.3. The zero-order chi connectivity index (χ0) is 34.2. The van der Waals surface area contributed by atoms with E-state index in [1.165, 1.54) is 21.9 Å². The van der Waals surface area contributed by atoms with Gasteiger partial charge in [0.25, 0.3) is 0 Å². The molecule has 0 unspecified atom stereocenters. The Morgan fingerprint density at radius 2 is 0.942 bits per heavy atom. The first-order valence-electron chi connectivity index (χ1n) is 17.3. The lowest BCUT2D eigenvalue weighted by molar-refractivity contribution is 0.668. The van der Waals surface area contributed by atoms with Gasteiger partial charge in [-0.1, -0.05) is 121 Å². The van der Waals surface area contributed by atoms with Crippen molar-refractivity contribution in [1.29, 1.82) is 0 Å². The fourth-order valence-electron chi connectivity index (χ4n) is 7.69. The molecule has 11 aromatic rings. The molecule has 5 heteroatoms. The summed E-state index contributed by atoms with van der Waals surface area (Å²) in [6.07, 6.45) is 0. The molecule has 0 aliphatic rings. The van der Waals surface area contributed by atoms with Crippen LogP contribution < -0.4 is 0 Å². The van der Waals surface area contributed by atoms with Gasteiger partial charge in [-0.05, 0) is 75.1 Å². The minimum absolute atomic E-state index is 0.586. The summed E-state index contributed by atoms with van der Waals surface area (Å²) in [5, 5.41) is 8.87. The zero-order valence-electron chi connectivity index (χ0n) is 27.7. The third-order valence-corrected chi connectivity index (χ3v) is 10.1. The predicted octanol–water partition coefficient (Wildman–Crippen LogP) is 12.6. The maximum atomic E-state index is 6.43. The molecule has 0 aliphatic carbocycles. The van der Waals surface area contributed by atoms with Crippen LogP contribution in [0, 0.1) is 0 Å². The van der Waals surface area contributed by atoms with Crippen LogP contribution in [0.5, 0.6) is 0 Å². The van der Waals surface area contributed by atoms with Gasteiger partial charge in [0.1, 0.15) is 22.3 Å². The Morgan fingerprint density at radius 3 is 1.85 bits per heavy atom. The van der Waals surface area contributed by atoms with Crippen LogP contribution >= 0.6 is 0 Å². The molecule has 0 radical (unpaired) electrons. The van der Waals surface area contributed by atoms with E-state index in [4.69, 9.17) is 23.8 Å². The lowest BCUT2D eigenvalue weighted by Crippen LogP contribution is -2.00. The van der Waals surface area contributed by atoms with E-state index in [2.05, 4.69) is 91.0 Å². The molecule has 0 bridgehead atoms. The van der Waals surface area contributed by atoms with Gasteiger partial charge in [0.05, 0.1) is 0 Å². The van der Waals surface area contributed by atoms with Gasteiger partial charge < -0.3 is 8.83 Å². The number of aromatic nitrogens is 3. The Balaban J connectivity index is 1.11. The second kappa shape index (κ2) is 11.2. The average Bonchev–Trinajstić information content (AvgIpc) is 3.79. The van der Waals surface area contributed by atoms with Crippen molar-refractivity contribution in [1.82, 2.24) is 15.0 Å².